The maximum Gasteiger partial charge on any atom is 0.306 e. The van der Waals surface area contributed by atoms with E-state index in [1.165, 1.54) is 44.9 Å². The number of carbonyl (C=O) groups is 3. The minimum atomic E-state index is -0.816. The lowest BCUT2D eigenvalue weighted by atomic mass is 10.1. The predicted molar refractivity (Wildman–Crippen MR) is 260 cm³/mol. The van der Waals surface area contributed by atoms with Crippen LogP contribution in [0.15, 0.2) is 109 Å². The summed E-state index contributed by atoms with van der Waals surface area (Å²) in [5.41, 5.74) is 0. The van der Waals surface area contributed by atoms with Gasteiger partial charge >= 0.3 is 17.9 Å². The van der Waals surface area contributed by atoms with Crippen molar-refractivity contribution in [1.29, 1.82) is 0 Å². The zero-order valence-electron chi connectivity index (χ0n) is 39.1. The molecule has 0 saturated heterocycles. The Balaban J connectivity index is 4.54. The Labute approximate surface area is 374 Å². The first-order valence-electron chi connectivity index (χ1n) is 24.4. The molecule has 0 spiro atoms. The Kier molecular flexibility index (Phi) is 45.6. The molecule has 0 rings (SSSR count). The van der Waals surface area contributed by atoms with Gasteiger partial charge in [0.05, 0.1) is 0 Å². The molecular formula is C55H88O6. The molecule has 1 unspecified atom stereocenters. The van der Waals surface area contributed by atoms with E-state index in [1.807, 2.05) is 36.5 Å². The summed E-state index contributed by atoms with van der Waals surface area (Å²) in [5.74, 6) is -1.01. The van der Waals surface area contributed by atoms with E-state index in [-0.39, 0.29) is 37.5 Å². The van der Waals surface area contributed by atoms with Crippen LogP contribution in [0.4, 0.5) is 0 Å². The van der Waals surface area contributed by atoms with E-state index in [0.29, 0.717) is 12.8 Å². The summed E-state index contributed by atoms with van der Waals surface area (Å²) in [5, 5.41) is 0. The van der Waals surface area contributed by atoms with Crippen molar-refractivity contribution in [1.82, 2.24) is 0 Å². The van der Waals surface area contributed by atoms with Gasteiger partial charge in [-0.25, -0.2) is 0 Å². The third-order valence-corrected chi connectivity index (χ3v) is 9.84. The van der Waals surface area contributed by atoms with Crippen molar-refractivity contribution in [3.8, 4) is 0 Å². The summed E-state index contributed by atoms with van der Waals surface area (Å²) in [4.78, 5) is 37.9. The topological polar surface area (TPSA) is 78.9 Å². The zero-order valence-corrected chi connectivity index (χ0v) is 39.1. The maximum atomic E-state index is 12.8. The molecule has 0 aliphatic carbocycles. The van der Waals surface area contributed by atoms with Crippen molar-refractivity contribution in [2.24, 2.45) is 0 Å². The van der Waals surface area contributed by atoms with E-state index < -0.39 is 6.10 Å². The lowest BCUT2D eigenvalue weighted by Crippen LogP contribution is -2.30. The smallest absolute Gasteiger partial charge is 0.306 e. The lowest BCUT2D eigenvalue weighted by Gasteiger charge is -2.18. The van der Waals surface area contributed by atoms with Crippen molar-refractivity contribution in [3.63, 3.8) is 0 Å². The van der Waals surface area contributed by atoms with Crippen molar-refractivity contribution >= 4 is 17.9 Å². The molecule has 0 saturated carbocycles. The second-order valence-corrected chi connectivity index (χ2v) is 15.7. The van der Waals surface area contributed by atoms with Gasteiger partial charge in [-0.3, -0.25) is 14.4 Å². The molecule has 0 aromatic heterocycles. The molecule has 0 aromatic carbocycles. The van der Waals surface area contributed by atoms with E-state index in [4.69, 9.17) is 14.2 Å². The molecule has 0 amide bonds. The molecule has 6 heteroatoms. The number of allylic oxidation sites excluding steroid dienone is 18. The summed E-state index contributed by atoms with van der Waals surface area (Å²) in [7, 11) is 0. The van der Waals surface area contributed by atoms with Gasteiger partial charge in [-0.15, -0.1) is 0 Å². The molecule has 0 aliphatic rings. The fourth-order valence-corrected chi connectivity index (χ4v) is 6.20. The first-order chi connectivity index (χ1) is 30.0. The standard InChI is InChI=1S/C55H88O6/c1-4-7-10-13-16-19-22-25-27-28-31-33-36-39-42-45-48-54(57)60-51-52(50-59-53(56)47-44-41-38-35-32-29-24-21-18-15-12-9-6-3)61-55(58)49-46-43-40-37-34-30-26-23-20-17-14-11-8-5-2/h7,9-10,12,15-16,18-19,21,24-25,27,29-34,52H,4-6,8,11,13-14,17,20,22-23,26,28,35-51H2,1-3H3/b10-7+,12-9+,18-15+,19-16+,24-21+,27-25+,32-29+,33-31+,34-30+. The largest absolute Gasteiger partial charge is 0.462 e. The quantitative estimate of drug-likeness (QED) is 0.0200. The summed E-state index contributed by atoms with van der Waals surface area (Å²) >= 11 is 0. The molecular weight excluding hydrogens is 757 g/mol. The number of hydrogen-bond acceptors (Lipinski definition) is 6. The molecule has 344 valence electrons. The third kappa shape index (κ3) is 47.0. The Morgan fingerprint density at radius 1 is 0.361 bits per heavy atom. The highest BCUT2D eigenvalue weighted by Crippen LogP contribution is 2.12. The van der Waals surface area contributed by atoms with Crippen LogP contribution < -0.4 is 0 Å². The third-order valence-electron chi connectivity index (χ3n) is 9.84. The van der Waals surface area contributed by atoms with Gasteiger partial charge in [0.1, 0.15) is 13.2 Å². The van der Waals surface area contributed by atoms with Gasteiger partial charge in [0.15, 0.2) is 6.10 Å². The Morgan fingerprint density at radius 3 is 1.21 bits per heavy atom. The van der Waals surface area contributed by atoms with Crippen LogP contribution in [0.25, 0.3) is 0 Å². The van der Waals surface area contributed by atoms with Gasteiger partial charge in [0, 0.05) is 19.3 Å². The highest BCUT2D eigenvalue weighted by atomic mass is 16.6. The minimum absolute atomic E-state index is 0.116. The van der Waals surface area contributed by atoms with E-state index in [2.05, 4.69) is 93.7 Å². The molecule has 0 heterocycles. The van der Waals surface area contributed by atoms with Crippen molar-refractivity contribution < 1.29 is 28.6 Å². The number of carbonyl (C=O) groups excluding carboxylic acids is 3. The Morgan fingerprint density at radius 2 is 0.721 bits per heavy atom. The van der Waals surface area contributed by atoms with Crippen LogP contribution >= 0.6 is 0 Å². The SMILES string of the molecule is CC/C=C/C=C/C=C/C=C/CCCCCC(=O)OCC(COC(=O)CCCCC/C=C/C/C=C/C/C=C/C/C=C/CC)OC(=O)CCCCC/C=C/CCCCCCCCC. The van der Waals surface area contributed by atoms with E-state index in [9.17, 15) is 14.4 Å². The lowest BCUT2D eigenvalue weighted by molar-refractivity contribution is -0.167. The fourth-order valence-electron chi connectivity index (χ4n) is 6.20. The Bertz CT molecular complexity index is 1290. The number of ether oxygens (including phenoxy) is 3. The molecule has 1 atom stereocenters. The van der Waals surface area contributed by atoms with Crippen molar-refractivity contribution in [3.05, 3.63) is 109 Å². The summed E-state index contributed by atoms with van der Waals surface area (Å²) < 4.78 is 16.7. The second kappa shape index (κ2) is 48.7. The molecule has 0 aromatic rings. The summed E-state index contributed by atoms with van der Waals surface area (Å²) in [6.45, 7) is 6.28. The normalized spacial score (nSPS) is 13.0. The molecule has 6 nitrogen and oxygen atoms in total. The monoisotopic (exact) mass is 845 g/mol. The maximum absolute atomic E-state index is 12.8. The highest BCUT2D eigenvalue weighted by molar-refractivity contribution is 5.71. The van der Waals surface area contributed by atoms with Gasteiger partial charge in [-0.2, -0.15) is 0 Å². The molecule has 0 bridgehead atoms. The average molecular weight is 845 g/mol. The zero-order chi connectivity index (χ0) is 44.4. The van der Waals surface area contributed by atoms with Gasteiger partial charge in [-0.1, -0.05) is 188 Å². The van der Waals surface area contributed by atoms with Crippen LogP contribution in [0, 0.1) is 0 Å². The van der Waals surface area contributed by atoms with Crippen molar-refractivity contribution in [2.45, 2.75) is 207 Å². The summed E-state index contributed by atoms with van der Waals surface area (Å²) in [6.07, 6.45) is 65.0. The van der Waals surface area contributed by atoms with Gasteiger partial charge in [0.2, 0.25) is 0 Å². The van der Waals surface area contributed by atoms with Crippen molar-refractivity contribution in [2.75, 3.05) is 13.2 Å². The number of esters is 3. The molecule has 0 aliphatic heterocycles. The van der Waals surface area contributed by atoms with E-state index in [1.54, 1.807) is 0 Å². The van der Waals surface area contributed by atoms with E-state index in [0.717, 1.165) is 116 Å². The highest BCUT2D eigenvalue weighted by Gasteiger charge is 2.19. The number of unbranched alkanes of at least 4 members (excludes halogenated alkanes) is 16. The van der Waals surface area contributed by atoms with Crippen LogP contribution in [0.2, 0.25) is 0 Å². The van der Waals surface area contributed by atoms with Crippen LogP contribution in [-0.4, -0.2) is 37.2 Å². The van der Waals surface area contributed by atoms with Crippen LogP contribution in [0.3, 0.4) is 0 Å². The summed E-state index contributed by atoms with van der Waals surface area (Å²) in [6, 6.07) is 0. The first kappa shape index (κ1) is 57.1. The molecule has 0 N–H and O–H groups in total. The predicted octanol–water partition coefficient (Wildman–Crippen LogP) is 16.0. The average Bonchev–Trinajstić information content (AvgIpc) is 3.26. The molecule has 0 radical (unpaired) electrons. The second-order valence-electron chi connectivity index (χ2n) is 15.7. The van der Waals surface area contributed by atoms with Crippen LogP contribution in [0.5, 0.6) is 0 Å². The fraction of sp³-hybridized carbons (Fsp3) is 0.618. The van der Waals surface area contributed by atoms with Gasteiger partial charge < -0.3 is 14.2 Å². The molecule has 0 fully saturated rings. The number of hydrogen-bond donors (Lipinski definition) is 0. The number of rotatable bonds is 42. The first-order valence-corrected chi connectivity index (χ1v) is 24.4. The van der Waals surface area contributed by atoms with Gasteiger partial charge in [-0.05, 0) is 103 Å². The molecule has 61 heavy (non-hydrogen) atoms. The van der Waals surface area contributed by atoms with Crippen LogP contribution in [-0.2, 0) is 28.6 Å². The van der Waals surface area contributed by atoms with Gasteiger partial charge in [0.25, 0.3) is 0 Å². The Hall–Kier alpha value is -3.93. The van der Waals surface area contributed by atoms with E-state index >= 15 is 0 Å². The minimum Gasteiger partial charge on any atom is -0.462 e. The van der Waals surface area contributed by atoms with Crippen LogP contribution in [0.1, 0.15) is 201 Å².